The lowest BCUT2D eigenvalue weighted by molar-refractivity contribution is -0.384. The number of carbonyl (C=O) groups excluding carboxylic acids is 1. The summed E-state index contributed by atoms with van der Waals surface area (Å²) in [5.74, 6) is -1.60. The van der Waals surface area contributed by atoms with Gasteiger partial charge in [-0.25, -0.2) is 0 Å². The molecule has 0 heterocycles. The van der Waals surface area contributed by atoms with Crippen LogP contribution in [-0.4, -0.2) is 34.5 Å². The molecule has 1 unspecified atom stereocenters. The number of amides is 1. The molecule has 1 aromatic rings. The Morgan fingerprint density at radius 1 is 1.29 bits per heavy atom. The molecule has 0 fully saturated rings. The van der Waals surface area contributed by atoms with E-state index in [1.165, 1.54) is 24.3 Å². The Hall–Kier alpha value is -2.48. The number of anilines is 1. The lowest BCUT2D eigenvalue weighted by atomic mass is 10.1. The zero-order valence-corrected chi connectivity index (χ0v) is 11.7. The van der Waals surface area contributed by atoms with E-state index < -0.39 is 22.8 Å². The zero-order chi connectivity index (χ0) is 16.0. The van der Waals surface area contributed by atoms with E-state index >= 15 is 0 Å². The monoisotopic (exact) mass is 295 g/mol. The van der Waals surface area contributed by atoms with Crippen LogP contribution in [0.25, 0.3) is 0 Å². The highest BCUT2D eigenvalue weighted by Gasteiger charge is 2.21. The number of aliphatic carboxylic acids is 1. The van der Waals surface area contributed by atoms with Crippen LogP contribution >= 0.6 is 0 Å². The van der Waals surface area contributed by atoms with Crippen molar-refractivity contribution in [1.29, 1.82) is 0 Å². The second-order valence-electron chi connectivity index (χ2n) is 4.79. The fraction of sp³-hybridized carbons (Fsp3) is 0.385. The van der Waals surface area contributed by atoms with E-state index in [9.17, 15) is 19.7 Å². The van der Waals surface area contributed by atoms with Crippen molar-refractivity contribution in [2.45, 2.75) is 19.9 Å². The van der Waals surface area contributed by atoms with Gasteiger partial charge in [-0.1, -0.05) is 13.8 Å². The minimum absolute atomic E-state index is 0.0723. The molecule has 0 saturated carbocycles. The number of nitro groups is 1. The third-order valence-corrected chi connectivity index (χ3v) is 2.78. The van der Waals surface area contributed by atoms with Gasteiger partial charge in [-0.15, -0.1) is 0 Å². The summed E-state index contributed by atoms with van der Waals surface area (Å²) >= 11 is 0. The van der Waals surface area contributed by atoms with Crippen LogP contribution in [0.1, 0.15) is 13.8 Å². The van der Waals surface area contributed by atoms with Gasteiger partial charge in [0.15, 0.2) is 0 Å². The molecule has 21 heavy (non-hydrogen) atoms. The molecule has 0 radical (unpaired) electrons. The van der Waals surface area contributed by atoms with Crippen LogP contribution in [0.3, 0.4) is 0 Å². The topological polar surface area (TPSA) is 122 Å². The van der Waals surface area contributed by atoms with Gasteiger partial charge in [0.2, 0.25) is 5.91 Å². The summed E-state index contributed by atoms with van der Waals surface area (Å²) in [5, 5.41) is 24.6. The standard InChI is InChI=1S/C13H17N3O5/c1-8(2)12(13(18)19)14-7-11(17)15-9-3-5-10(6-4-9)16(20)21/h3-6,8,12,14H,7H2,1-2H3,(H,15,17)(H,18,19). The van der Waals surface area contributed by atoms with Crippen LogP contribution in [0.15, 0.2) is 24.3 Å². The number of benzene rings is 1. The third-order valence-electron chi connectivity index (χ3n) is 2.78. The van der Waals surface area contributed by atoms with Crippen LogP contribution in [0.4, 0.5) is 11.4 Å². The Morgan fingerprint density at radius 3 is 2.29 bits per heavy atom. The van der Waals surface area contributed by atoms with Crippen molar-refractivity contribution in [3.05, 3.63) is 34.4 Å². The van der Waals surface area contributed by atoms with E-state index in [1.54, 1.807) is 13.8 Å². The first-order valence-electron chi connectivity index (χ1n) is 6.31. The van der Waals surface area contributed by atoms with Crippen LogP contribution < -0.4 is 10.6 Å². The fourth-order valence-electron chi connectivity index (χ4n) is 1.68. The summed E-state index contributed by atoms with van der Waals surface area (Å²) in [4.78, 5) is 32.6. The van der Waals surface area contributed by atoms with Gasteiger partial charge in [0.05, 0.1) is 11.5 Å². The van der Waals surface area contributed by atoms with Gasteiger partial charge in [-0.05, 0) is 18.1 Å². The van der Waals surface area contributed by atoms with Crippen LogP contribution in [0.5, 0.6) is 0 Å². The minimum Gasteiger partial charge on any atom is -0.480 e. The van der Waals surface area contributed by atoms with Crippen molar-refractivity contribution in [2.75, 3.05) is 11.9 Å². The second kappa shape index (κ2) is 7.34. The summed E-state index contributed by atoms with van der Waals surface area (Å²) in [6.07, 6.45) is 0. The van der Waals surface area contributed by atoms with Crippen molar-refractivity contribution < 1.29 is 19.6 Å². The lowest BCUT2D eigenvalue weighted by Crippen LogP contribution is -2.44. The molecule has 3 N–H and O–H groups in total. The van der Waals surface area contributed by atoms with Gasteiger partial charge >= 0.3 is 5.97 Å². The summed E-state index contributed by atoms with van der Waals surface area (Å²) in [6.45, 7) is 3.31. The average molecular weight is 295 g/mol. The quantitative estimate of drug-likeness (QED) is 0.514. The van der Waals surface area contributed by atoms with Gasteiger partial charge in [0.25, 0.3) is 5.69 Å². The van der Waals surface area contributed by atoms with E-state index in [1.807, 2.05) is 0 Å². The maximum atomic E-state index is 11.7. The number of nitro benzene ring substituents is 1. The molecule has 1 rings (SSSR count). The molecule has 8 nitrogen and oxygen atoms in total. The summed E-state index contributed by atoms with van der Waals surface area (Å²) < 4.78 is 0. The number of carboxylic acid groups (broad SMARTS) is 1. The van der Waals surface area contributed by atoms with Gasteiger partial charge in [0.1, 0.15) is 6.04 Å². The van der Waals surface area contributed by atoms with Gasteiger partial charge in [0, 0.05) is 17.8 Å². The number of carboxylic acids is 1. The van der Waals surface area contributed by atoms with E-state index in [0.717, 1.165) is 0 Å². The third kappa shape index (κ3) is 5.19. The molecule has 0 spiro atoms. The maximum absolute atomic E-state index is 11.7. The Labute approximate surface area is 121 Å². The molecule has 0 aliphatic heterocycles. The highest BCUT2D eigenvalue weighted by Crippen LogP contribution is 2.15. The summed E-state index contributed by atoms with van der Waals surface area (Å²) in [6, 6.07) is 4.56. The number of nitrogens with one attached hydrogen (secondary N) is 2. The minimum atomic E-state index is -1.02. The van der Waals surface area contributed by atoms with E-state index in [-0.39, 0.29) is 18.2 Å². The number of nitrogens with zero attached hydrogens (tertiary/aromatic N) is 1. The Balaban J connectivity index is 2.53. The van der Waals surface area contributed by atoms with E-state index in [0.29, 0.717) is 5.69 Å². The predicted molar refractivity (Wildman–Crippen MR) is 76.0 cm³/mol. The average Bonchev–Trinajstić information content (AvgIpc) is 2.38. The first-order chi connectivity index (χ1) is 9.81. The molecular weight excluding hydrogens is 278 g/mol. The van der Waals surface area contributed by atoms with Crippen molar-refractivity contribution in [1.82, 2.24) is 5.32 Å². The first-order valence-corrected chi connectivity index (χ1v) is 6.31. The number of hydrogen-bond acceptors (Lipinski definition) is 5. The first kappa shape index (κ1) is 16.6. The van der Waals surface area contributed by atoms with E-state index in [4.69, 9.17) is 5.11 Å². The number of carbonyl (C=O) groups is 2. The molecule has 8 heteroatoms. The fourth-order valence-corrected chi connectivity index (χ4v) is 1.68. The van der Waals surface area contributed by atoms with Crippen LogP contribution in [0, 0.1) is 16.0 Å². The SMILES string of the molecule is CC(C)C(NCC(=O)Nc1ccc([N+](=O)[O-])cc1)C(=O)O. The predicted octanol–water partition coefficient (Wildman–Crippen LogP) is 1.23. The Bertz CT molecular complexity index is 527. The number of rotatable bonds is 7. The van der Waals surface area contributed by atoms with Gasteiger partial charge in [-0.3, -0.25) is 25.0 Å². The lowest BCUT2D eigenvalue weighted by Gasteiger charge is -2.17. The summed E-state index contributed by atoms with van der Waals surface area (Å²) in [5.41, 5.74) is 0.334. The highest BCUT2D eigenvalue weighted by molar-refractivity contribution is 5.92. The molecule has 1 aromatic carbocycles. The molecule has 0 saturated heterocycles. The summed E-state index contributed by atoms with van der Waals surface area (Å²) in [7, 11) is 0. The molecular formula is C13H17N3O5. The van der Waals surface area contributed by atoms with Crippen molar-refractivity contribution >= 4 is 23.3 Å². The maximum Gasteiger partial charge on any atom is 0.320 e. The number of non-ortho nitro benzene ring substituents is 1. The van der Waals surface area contributed by atoms with Crippen LogP contribution in [-0.2, 0) is 9.59 Å². The van der Waals surface area contributed by atoms with Crippen molar-refractivity contribution in [3.63, 3.8) is 0 Å². The Morgan fingerprint density at radius 2 is 1.86 bits per heavy atom. The van der Waals surface area contributed by atoms with Crippen LogP contribution in [0.2, 0.25) is 0 Å². The molecule has 1 atom stereocenters. The van der Waals surface area contributed by atoms with E-state index in [2.05, 4.69) is 10.6 Å². The smallest absolute Gasteiger partial charge is 0.320 e. The number of hydrogen-bond donors (Lipinski definition) is 3. The molecule has 0 bridgehead atoms. The van der Waals surface area contributed by atoms with Crippen molar-refractivity contribution in [2.24, 2.45) is 5.92 Å². The zero-order valence-electron chi connectivity index (χ0n) is 11.7. The van der Waals surface area contributed by atoms with Gasteiger partial charge < -0.3 is 10.4 Å². The molecule has 0 aromatic heterocycles. The molecule has 114 valence electrons. The second-order valence-corrected chi connectivity index (χ2v) is 4.79. The normalized spacial score (nSPS) is 12.0. The molecule has 0 aliphatic rings. The van der Waals surface area contributed by atoms with Gasteiger partial charge in [-0.2, -0.15) is 0 Å². The molecule has 0 aliphatic carbocycles. The molecule has 1 amide bonds. The van der Waals surface area contributed by atoms with Crippen molar-refractivity contribution in [3.8, 4) is 0 Å². The highest BCUT2D eigenvalue weighted by atomic mass is 16.6. The Kier molecular flexibility index (Phi) is 5.79. The largest absolute Gasteiger partial charge is 0.480 e.